The molecule has 0 amide bonds. The molecule has 1 atom stereocenters. The first-order valence-corrected chi connectivity index (χ1v) is 7.39. The van der Waals surface area contributed by atoms with Crippen molar-refractivity contribution < 1.29 is 0 Å². The molecule has 1 heterocycles. The van der Waals surface area contributed by atoms with Crippen LogP contribution in [0.5, 0.6) is 0 Å². The predicted molar refractivity (Wildman–Crippen MR) is 70.3 cm³/mol. The summed E-state index contributed by atoms with van der Waals surface area (Å²) in [5.74, 6) is 0.909. The lowest BCUT2D eigenvalue weighted by molar-refractivity contribution is 0.380. The molecular weight excluding hydrogens is 270 g/mol. The van der Waals surface area contributed by atoms with Gasteiger partial charge in [0.15, 0.2) is 0 Å². The second-order valence-electron chi connectivity index (χ2n) is 4.47. The van der Waals surface area contributed by atoms with Crippen molar-refractivity contribution in [1.29, 1.82) is 0 Å². The summed E-state index contributed by atoms with van der Waals surface area (Å²) < 4.78 is 1.23. The molecular formula is C12H18BrNS. The van der Waals surface area contributed by atoms with E-state index in [-0.39, 0.29) is 0 Å². The van der Waals surface area contributed by atoms with Gasteiger partial charge in [-0.15, -0.1) is 11.3 Å². The monoisotopic (exact) mass is 287 g/mol. The van der Waals surface area contributed by atoms with Gasteiger partial charge < -0.3 is 5.32 Å². The number of halogens is 1. The van der Waals surface area contributed by atoms with Crippen LogP contribution >= 0.6 is 27.3 Å². The minimum absolute atomic E-state index is 0.672. The van der Waals surface area contributed by atoms with Crippen molar-refractivity contribution in [3.05, 3.63) is 20.8 Å². The summed E-state index contributed by atoms with van der Waals surface area (Å²) >= 11 is 5.26. The van der Waals surface area contributed by atoms with Crippen LogP contribution in [-0.4, -0.2) is 6.04 Å². The van der Waals surface area contributed by atoms with Gasteiger partial charge in [0.2, 0.25) is 0 Å². The molecule has 84 valence electrons. The van der Waals surface area contributed by atoms with Crippen molar-refractivity contribution in [3.8, 4) is 0 Å². The second-order valence-corrected chi connectivity index (χ2v) is 6.76. The summed E-state index contributed by atoms with van der Waals surface area (Å²) in [4.78, 5) is 0. The molecule has 0 saturated heterocycles. The van der Waals surface area contributed by atoms with Gasteiger partial charge in [-0.1, -0.05) is 12.8 Å². The van der Waals surface area contributed by atoms with Crippen LogP contribution in [-0.2, 0) is 6.54 Å². The van der Waals surface area contributed by atoms with Crippen molar-refractivity contribution in [2.75, 3.05) is 0 Å². The highest BCUT2D eigenvalue weighted by molar-refractivity contribution is 9.11. The van der Waals surface area contributed by atoms with Crippen LogP contribution in [0.15, 0.2) is 15.2 Å². The summed E-state index contributed by atoms with van der Waals surface area (Å²) in [6.45, 7) is 3.34. The van der Waals surface area contributed by atoms with E-state index in [0.717, 1.165) is 12.5 Å². The molecule has 0 aliphatic heterocycles. The van der Waals surface area contributed by atoms with E-state index in [1.807, 2.05) is 0 Å². The van der Waals surface area contributed by atoms with Crippen LogP contribution in [0, 0.1) is 5.92 Å². The Kier molecular flexibility index (Phi) is 4.23. The Labute approximate surface area is 104 Å². The van der Waals surface area contributed by atoms with E-state index in [9.17, 15) is 0 Å². The van der Waals surface area contributed by atoms with Crippen LogP contribution in [0.3, 0.4) is 0 Å². The van der Waals surface area contributed by atoms with E-state index in [1.54, 1.807) is 11.3 Å². The van der Waals surface area contributed by atoms with Gasteiger partial charge in [-0.25, -0.2) is 0 Å². The van der Waals surface area contributed by atoms with Crippen molar-refractivity contribution in [2.24, 2.45) is 5.92 Å². The van der Waals surface area contributed by atoms with E-state index in [2.05, 4.69) is 39.6 Å². The molecule has 1 aromatic heterocycles. The van der Waals surface area contributed by atoms with E-state index in [1.165, 1.54) is 35.0 Å². The third-order valence-corrected chi connectivity index (χ3v) is 4.91. The molecule has 3 heteroatoms. The minimum atomic E-state index is 0.672. The van der Waals surface area contributed by atoms with Gasteiger partial charge in [-0.05, 0) is 58.6 Å². The van der Waals surface area contributed by atoms with Crippen LogP contribution in [0.2, 0.25) is 0 Å². The highest BCUT2D eigenvalue weighted by Gasteiger charge is 2.20. The molecule has 15 heavy (non-hydrogen) atoms. The molecule has 0 spiro atoms. The SMILES string of the molecule is C[C@H](NCc1csc(Br)c1)C1CCCC1. The second kappa shape index (κ2) is 5.46. The maximum Gasteiger partial charge on any atom is 0.0701 e. The van der Waals surface area contributed by atoms with Crippen molar-refractivity contribution in [3.63, 3.8) is 0 Å². The molecule has 0 aromatic carbocycles. The van der Waals surface area contributed by atoms with Gasteiger partial charge in [0.25, 0.3) is 0 Å². The predicted octanol–water partition coefficient (Wildman–Crippen LogP) is 4.18. The van der Waals surface area contributed by atoms with Crippen LogP contribution in [0.25, 0.3) is 0 Å². The molecule has 1 fully saturated rings. The van der Waals surface area contributed by atoms with Gasteiger partial charge in [-0.2, -0.15) is 0 Å². The summed E-state index contributed by atoms with van der Waals surface area (Å²) in [6.07, 6.45) is 5.70. The average Bonchev–Trinajstić information content (AvgIpc) is 2.84. The lowest BCUT2D eigenvalue weighted by Crippen LogP contribution is -2.31. The maximum atomic E-state index is 3.64. The zero-order valence-electron chi connectivity index (χ0n) is 9.13. The topological polar surface area (TPSA) is 12.0 Å². The first kappa shape index (κ1) is 11.6. The Balaban J connectivity index is 1.77. The van der Waals surface area contributed by atoms with E-state index >= 15 is 0 Å². The summed E-state index contributed by atoms with van der Waals surface area (Å²) in [5, 5.41) is 5.86. The van der Waals surface area contributed by atoms with Gasteiger partial charge >= 0.3 is 0 Å². The van der Waals surface area contributed by atoms with Crippen LogP contribution in [0.4, 0.5) is 0 Å². The quantitative estimate of drug-likeness (QED) is 0.876. The van der Waals surface area contributed by atoms with Crippen molar-refractivity contribution in [1.82, 2.24) is 5.32 Å². The molecule has 1 nitrogen and oxygen atoms in total. The Morgan fingerprint density at radius 1 is 1.53 bits per heavy atom. The molecule has 0 bridgehead atoms. The average molecular weight is 288 g/mol. The normalized spacial score (nSPS) is 19.6. The fourth-order valence-electron chi connectivity index (χ4n) is 2.34. The van der Waals surface area contributed by atoms with Gasteiger partial charge in [0, 0.05) is 12.6 Å². The lowest BCUT2D eigenvalue weighted by Gasteiger charge is -2.19. The first-order valence-electron chi connectivity index (χ1n) is 5.72. The van der Waals surface area contributed by atoms with Gasteiger partial charge in [0.05, 0.1) is 3.79 Å². The van der Waals surface area contributed by atoms with Crippen LogP contribution in [0.1, 0.15) is 38.2 Å². The molecule has 1 saturated carbocycles. The molecule has 0 radical (unpaired) electrons. The van der Waals surface area contributed by atoms with Crippen LogP contribution < -0.4 is 5.32 Å². The molecule has 1 aliphatic rings. The number of rotatable bonds is 4. The largest absolute Gasteiger partial charge is 0.310 e. The minimum Gasteiger partial charge on any atom is -0.310 e. The van der Waals surface area contributed by atoms with E-state index in [0.29, 0.717) is 6.04 Å². The van der Waals surface area contributed by atoms with E-state index < -0.39 is 0 Å². The maximum absolute atomic E-state index is 3.64. The Morgan fingerprint density at radius 3 is 2.87 bits per heavy atom. The Morgan fingerprint density at radius 2 is 2.27 bits per heavy atom. The van der Waals surface area contributed by atoms with Gasteiger partial charge in [-0.3, -0.25) is 0 Å². The molecule has 1 aliphatic carbocycles. The van der Waals surface area contributed by atoms with Crippen molar-refractivity contribution >= 4 is 27.3 Å². The number of hydrogen-bond donors (Lipinski definition) is 1. The first-order chi connectivity index (χ1) is 7.25. The zero-order valence-corrected chi connectivity index (χ0v) is 11.5. The smallest absolute Gasteiger partial charge is 0.0701 e. The molecule has 1 aromatic rings. The third-order valence-electron chi connectivity index (χ3n) is 3.36. The number of thiophene rings is 1. The lowest BCUT2D eigenvalue weighted by atomic mass is 10.00. The number of nitrogens with one attached hydrogen (secondary N) is 1. The molecule has 2 rings (SSSR count). The number of hydrogen-bond acceptors (Lipinski definition) is 2. The molecule has 1 N–H and O–H groups in total. The fourth-order valence-corrected chi connectivity index (χ4v) is 3.55. The summed E-state index contributed by atoms with van der Waals surface area (Å²) in [6, 6.07) is 2.88. The Bertz CT molecular complexity index is 304. The fraction of sp³-hybridized carbons (Fsp3) is 0.667. The summed E-state index contributed by atoms with van der Waals surface area (Å²) in [7, 11) is 0. The highest BCUT2D eigenvalue weighted by atomic mass is 79.9. The van der Waals surface area contributed by atoms with E-state index in [4.69, 9.17) is 0 Å². The van der Waals surface area contributed by atoms with Gasteiger partial charge in [0.1, 0.15) is 0 Å². The third kappa shape index (κ3) is 3.30. The molecule has 0 unspecified atom stereocenters. The standard InChI is InChI=1S/C12H18BrNS/c1-9(11-4-2-3-5-11)14-7-10-6-12(13)15-8-10/h6,8-9,11,14H,2-5,7H2,1H3/t9-/m0/s1. The Hall–Kier alpha value is 0.140. The zero-order chi connectivity index (χ0) is 10.7. The highest BCUT2D eigenvalue weighted by Crippen LogP contribution is 2.28. The van der Waals surface area contributed by atoms with Crippen molar-refractivity contribution in [2.45, 2.75) is 45.2 Å². The summed E-state index contributed by atoms with van der Waals surface area (Å²) in [5.41, 5.74) is 1.40.